The van der Waals surface area contributed by atoms with Gasteiger partial charge in [-0.25, -0.2) is 8.42 Å². The van der Waals surface area contributed by atoms with E-state index in [-0.39, 0.29) is 10.5 Å². The van der Waals surface area contributed by atoms with Crippen LogP contribution in [0, 0.1) is 0 Å². The minimum absolute atomic E-state index is 0.0159. The highest BCUT2D eigenvalue weighted by Crippen LogP contribution is 2.34. The maximum atomic E-state index is 12.4. The molecule has 1 N–H and O–H groups in total. The fourth-order valence-electron chi connectivity index (χ4n) is 3.20. The summed E-state index contributed by atoms with van der Waals surface area (Å²) in [4.78, 5) is 0. The van der Waals surface area contributed by atoms with Crippen molar-refractivity contribution in [2.45, 2.75) is 68.4 Å². The topological polar surface area (TPSA) is 46.2 Å². The molecule has 0 radical (unpaired) electrons. The van der Waals surface area contributed by atoms with Crippen LogP contribution in [0.5, 0.6) is 0 Å². The zero-order chi connectivity index (χ0) is 11.6. The first kappa shape index (κ1) is 12.4. The lowest BCUT2D eigenvalue weighted by atomic mass is 10.2. The summed E-state index contributed by atoms with van der Waals surface area (Å²) in [7, 11) is -2.83. The van der Waals surface area contributed by atoms with Crippen molar-refractivity contribution in [2.75, 3.05) is 6.54 Å². The van der Waals surface area contributed by atoms with Crippen LogP contribution in [-0.4, -0.2) is 31.5 Å². The second-order valence-corrected chi connectivity index (χ2v) is 7.70. The van der Waals surface area contributed by atoms with Gasteiger partial charge in [0.15, 0.2) is 9.84 Å². The Bertz CT molecular complexity index is 320. The second kappa shape index (κ2) is 5.05. The molecule has 2 saturated carbocycles. The van der Waals surface area contributed by atoms with E-state index < -0.39 is 9.84 Å². The Balaban J connectivity index is 1.97. The van der Waals surface area contributed by atoms with Crippen molar-refractivity contribution in [1.82, 2.24) is 5.32 Å². The Labute approximate surface area is 98.9 Å². The number of rotatable bonds is 4. The number of nitrogens with one attached hydrogen (secondary N) is 1. The minimum Gasteiger partial charge on any atom is -0.314 e. The summed E-state index contributed by atoms with van der Waals surface area (Å²) in [5, 5.41) is 3.30. The van der Waals surface area contributed by atoms with Crippen LogP contribution in [0.2, 0.25) is 0 Å². The molecule has 2 aliphatic carbocycles. The number of sulfone groups is 1. The molecule has 0 saturated heterocycles. The molecule has 2 rings (SSSR count). The Morgan fingerprint density at radius 1 is 1.06 bits per heavy atom. The summed E-state index contributed by atoms with van der Waals surface area (Å²) >= 11 is 0. The molecule has 94 valence electrons. The van der Waals surface area contributed by atoms with Crippen molar-refractivity contribution in [1.29, 1.82) is 0 Å². The SMILES string of the molecule is CCNC1CCC(S(=O)(=O)C2CCCC2)C1. The van der Waals surface area contributed by atoms with E-state index in [4.69, 9.17) is 0 Å². The maximum Gasteiger partial charge on any atom is 0.156 e. The third-order valence-electron chi connectivity index (χ3n) is 4.11. The molecule has 0 aromatic rings. The Hall–Kier alpha value is -0.0900. The third-order valence-corrected chi connectivity index (χ3v) is 6.87. The van der Waals surface area contributed by atoms with Crippen LogP contribution in [0.15, 0.2) is 0 Å². The van der Waals surface area contributed by atoms with Crippen LogP contribution in [0.1, 0.15) is 51.9 Å². The Morgan fingerprint density at radius 3 is 2.38 bits per heavy atom. The van der Waals surface area contributed by atoms with Gasteiger partial charge < -0.3 is 5.32 Å². The van der Waals surface area contributed by atoms with Gasteiger partial charge in [-0.3, -0.25) is 0 Å². The van der Waals surface area contributed by atoms with Crippen molar-refractivity contribution < 1.29 is 8.42 Å². The van der Waals surface area contributed by atoms with E-state index in [0.717, 1.165) is 51.5 Å². The first-order chi connectivity index (χ1) is 7.64. The highest BCUT2D eigenvalue weighted by atomic mass is 32.2. The van der Waals surface area contributed by atoms with Crippen LogP contribution in [0.25, 0.3) is 0 Å². The maximum absolute atomic E-state index is 12.4. The van der Waals surface area contributed by atoms with Crippen molar-refractivity contribution >= 4 is 9.84 Å². The van der Waals surface area contributed by atoms with Gasteiger partial charge in [0.25, 0.3) is 0 Å². The summed E-state index contributed by atoms with van der Waals surface area (Å²) in [5.74, 6) is 0. The molecule has 0 aromatic heterocycles. The van der Waals surface area contributed by atoms with Gasteiger partial charge in [-0.05, 0) is 38.6 Å². The molecule has 2 unspecified atom stereocenters. The van der Waals surface area contributed by atoms with Gasteiger partial charge in [0, 0.05) is 6.04 Å². The summed E-state index contributed by atoms with van der Waals surface area (Å²) in [5.41, 5.74) is 0. The molecular formula is C12H23NO2S. The zero-order valence-corrected chi connectivity index (χ0v) is 10.9. The molecule has 0 aliphatic heterocycles. The highest BCUT2D eigenvalue weighted by molar-refractivity contribution is 7.92. The first-order valence-electron chi connectivity index (χ1n) is 6.60. The second-order valence-electron chi connectivity index (χ2n) is 5.19. The highest BCUT2D eigenvalue weighted by Gasteiger charge is 2.39. The van der Waals surface area contributed by atoms with Gasteiger partial charge in [-0.1, -0.05) is 19.8 Å². The van der Waals surface area contributed by atoms with Crippen LogP contribution in [-0.2, 0) is 9.84 Å². The molecule has 0 spiro atoms. The molecule has 0 aromatic carbocycles. The van der Waals surface area contributed by atoms with E-state index in [9.17, 15) is 8.42 Å². The lowest BCUT2D eigenvalue weighted by Gasteiger charge is -2.17. The molecule has 16 heavy (non-hydrogen) atoms. The normalized spacial score (nSPS) is 32.3. The van der Waals surface area contributed by atoms with Gasteiger partial charge in [-0.15, -0.1) is 0 Å². The molecule has 2 aliphatic rings. The van der Waals surface area contributed by atoms with E-state index in [1.165, 1.54) is 0 Å². The van der Waals surface area contributed by atoms with Gasteiger partial charge in [0.2, 0.25) is 0 Å². The van der Waals surface area contributed by atoms with Gasteiger partial charge in [0.1, 0.15) is 0 Å². The Morgan fingerprint density at radius 2 is 1.75 bits per heavy atom. The Kier molecular flexibility index (Phi) is 3.90. The predicted molar refractivity (Wildman–Crippen MR) is 66.3 cm³/mol. The van der Waals surface area contributed by atoms with Crippen LogP contribution >= 0.6 is 0 Å². The van der Waals surface area contributed by atoms with E-state index in [2.05, 4.69) is 12.2 Å². The summed E-state index contributed by atoms with van der Waals surface area (Å²) in [6.07, 6.45) is 6.77. The van der Waals surface area contributed by atoms with Crippen molar-refractivity contribution in [3.8, 4) is 0 Å². The van der Waals surface area contributed by atoms with Crippen molar-refractivity contribution in [3.05, 3.63) is 0 Å². The van der Waals surface area contributed by atoms with E-state index in [1.807, 2.05) is 0 Å². The fraction of sp³-hybridized carbons (Fsp3) is 1.00. The standard InChI is InChI=1S/C12H23NO2S/c1-2-13-10-7-8-12(9-10)16(14,15)11-5-3-4-6-11/h10-13H,2-9H2,1H3. The van der Waals surface area contributed by atoms with E-state index in [0.29, 0.717) is 6.04 Å². The van der Waals surface area contributed by atoms with Crippen LogP contribution in [0.3, 0.4) is 0 Å². The molecule has 0 heterocycles. The molecule has 2 atom stereocenters. The van der Waals surface area contributed by atoms with Gasteiger partial charge >= 0.3 is 0 Å². The van der Waals surface area contributed by atoms with Crippen LogP contribution < -0.4 is 5.32 Å². The van der Waals surface area contributed by atoms with Gasteiger partial charge in [-0.2, -0.15) is 0 Å². The monoisotopic (exact) mass is 245 g/mol. The average molecular weight is 245 g/mol. The molecule has 2 fully saturated rings. The fourth-order valence-corrected chi connectivity index (χ4v) is 5.70. The van der Waals surface area contributed by atoms with Crippen molar-refractivity contribution in [3.63, 3.8) is 0 Å². The smallest absolute Gasteiger partial charge is 0.156 e. The van der Waals surface area contributed by atoms with Crippen molar-refractivity contribution in [2.24, 2.45) is 0 Å². The summed E-state index contributed by atoms with van der Waals surface area (Å²) in [6, 6.07) is 0.436. The summed E-state index contributed by atoms with van der Waals surface area (Å²) < 4.78 is 24.7. The van der Waals surface area contributed by atoms with Crippen LogP contribution in [0.4, 0.5) is 0 Å². The molecule has 3 nitrogen and oxygen atoms in total. The third kappa shape index (κ3) is 2.43. The minimum atomic E-state index is -2.83. The van der Waals surface area contributed by atoms with E-state index in [1.54, 1.807) is 0 Å². The average Bonchev–Trinajstić information content (AvgIpc) is 2.88. The molecule has 0 amide bonds. The van der Waals surface area contributed by atoms with Gasteiger partial charge in [0.05, 0.1) is 10.5 Å². The van der Waals surface area contributed by atoms with E-state index >= 15 is 0 Å². The lowest BCUT2D eigenvalue weighted by Crippen LogP contribution is -2.31. The zero-order valence-electron chi connectivity index (χ0n) is 10.1. The molecular weight excluding hydrogens is 222 g/mol. The molecule has 0 bridgehead atoms. The molecule has 4 heteroatoms. The number of hydrogen-bond acceptors (Lipinski definition) is 3. The number of hydrogen-bond donors (Lipinski definition) is 1. The summed E-state index contributed by atoms with van der Waals surface area (Å²) in [6.45, 7) is 3.03. The quantitative estimate of drug-likeness (QED) is 0.822. The lowest BCUT2D eigenvalue weighted by molar-refractivity contribution is 0.534. The first-order valence-corrected chi connectivity index (χ1v) is 8.21. The predicted octanol–water partition coefficient (Wildman–Crippen LogP) is 1.87. The largest absolute Gasteiger partial charge is 0.314 e.